The standard InChI is InChI=1S/C16H30N2O/c1-4-14-5-7-15(8-6-14)17-16(19)18-10-12(2)9-13(3)11-18/h12-15H,4-11H2,1-3H3,(H,17,19)/t12-,13+,14?,15?. The SMILES string of the molecule is CCC1CCC(NC(=O)N2C[C@H](C)C[C@H](C)C2)CC1. The molecular formula is C16H30N2O. The maximum absolute atomic E-state index is 12.3. The van der Waals surface area contributed by atoms with Crippen molar-refractivity contribution in [3.8, 4) is 0 Å². The molecule has 1 saturated heterocycles. The van der Waals surface area contributed by atoms with E-state index in [0.29, 0.717) is 17.9 Å². The third kappa shape index (κ3) is 4.12. The second kappa shape index (κ2) is 6.62. The van der Waals surface area contributed by atoms with Crippen LogP contribution in [-0.2, 0) is 0 Å². The van der Waals surface area contributed by atoms with Crippen LogP contribution in [0.5, 0.6) is 0 Å². The number of hydrogen-bond acceptors (Lipinski definition) is 1. The van der Waals surface area contributed by atoms with Gasteiger partial charge in [-0.05, 0) is 49.9 Å². The van der Waals surface area contributed by atoms with Crippen molar-refractivity contribution < 1.29 is 4.79 Å². The van der Waals surface area contributed by atoms with E-state index in [1.54, 1.807) is 0 Å². The van der Waals surface area contributed by atoms with E-state index in [9.17, 15) is 4.79 Å². The second-order valence-electron chi connectivity index (χ2n) is 6.93. The summed E-state index contributed by atoms with van der Waals surface area (Å²) >= 11 is 0. The van der Waals surface area contributed by atoms with E-state index >= 15 is 0 Å². The zero-order valence-corrected chi connectivity index (χ0v) is 12.8. The first-order chi connectivity index (χ1) is 9.08. The van der Waals surface area contributed by atoms with Crippen molar-refractivity contribution in [3.63, 3.8) is 0 Å². The first kappa shape index (κ1) is 14.7. The minimum Gasteiger partial charge on any atom is -0.335 e. The molecule has 0 radical (unpaired) electrons. The highest BCUT2D eigenvalue weighted by atomic mass is 16.2. The van der Waals surface area contributed by atoms with E-state index in [1.807, 2.05) is 4.90 Å². The number of nitrogens with one attached hydrogen (secondary N) is 1. The molecular weight excluding hydrogens is 236 g/mol. The van der Waals surface area contributed by atoms with Gasteiger partial charge in [0.15, 0.2) is 0 Å². The van der Waals surface area contributed by atoms with Gasteiger partial charge < -0.3 is 10.2 Å². The van der Waals surface area contributed by atoms with Gasteiger partial charge in [-0.1, -0.05) is 27.2 Å². The predicted octanol–water partition coefficient (Wildman–Crippen LogP) is 3.64. The Kier molecular flexibility index (Phi) is 5.12. The molecule has 2 fully saturated rings. The van der Waals surface area contributed by atoms with E-state index in [2.05, 4.69) is 26.1 Å². The van der Waals surface area contributed by atoms with E-state index in [1.165, 1.54) is 38.5 Å². The predicted molar refractivity (Wildman–Crippen MR) is 79.1 cm³/mol. The van der Waals surface area contributed by atoms with Gasteiger partial charge in [0.25, 0.3) is 0 Å². The summed E-state index contributed by atoms with van der Waals surface area (Å²) in [5, 5.41) is 3.26. The van der Waals surface area contributed by atoms with Crippen molar-refractivity contribution in [2.75, 3.05) is 13.1 Å². The van der Waals surface area contributed by atoms with Gasteiger partial charge in [0.1, 0.15) is 0 Å². The fraction of sp³-hybridized carbons (Fsp3) is 0.938. The number of hydrogen-bond donors (Lipinski definition) is 1. The third-order valence-electron chi connectivity index (χ3n) is 4.91. The van der Waals surface area contributed by atoms with Crippen LogP contribution in [0.3, 0.4) is 0 Å². The Bertz CT molecular complexity index is 287. The molecule has 1 N–H and O–H groups in total. The molecule has 2 aliphatic rings. The molecule has 3 nitrogen and oxygen atoms in total. The number of likely N-dealkylation sites (tertiary alicyclic amines) is 1. The molecule has 1 aliphatic heterocycles. The maximum atomic E-state index is 12.3. The molecule has 0 spiro atoms. The lowest BCUT2D eigenvalue weighted by molar-refractivity contribution is 0.140. The maximum Gasteiger partial charge on any atom is 0.317 e. The molecule has 1 heterocycles. The lowest BCUT2D eigenvalue weighted by Gasteiger charge is -2.37. The van der Waals surface area contributed by atoms with Crippen molar-refractivity contribution in [3.05, 3.63) is 0 Å². The zero-order chi connectivity index (χ0) is 13.8. The van der Waals surface area contributed by atoms with Crippen LogP contribution in [0.2, 0.25) is 0 Å². The Labute approximate surface area is 118 Å². The molecule has 110 valence electrons. The Morgan fingerprint density at radius 1 is 1.11 bits per heavy atom. The summed E-state index contributed by atoms with van der Waals surface area (Å²) in [5.74, 6) is 2.18. The summed E-state index contributed by atoms with van der Waals surface area (Å²) in [5.41, 5.74) is 0. The van der Waals surface area contributed by atoms with Gasteiger partial charge in [0.05, 0.1) is 0 Å². The van der Waals surface area contributed by atoms with Crippen LogP contribution in [-0.4, -0.2) is 30.1 Å². The normalized spacial score (nSPS) is 36.1. The number of piperidine rings is 1. The summed E-state index contributed by atoms with van der Waals surface area (Å²) in [6.45, 7) is 8.64. The van der Waals surface area contributed by atoms with Gasteiger partial charge in [-0.25, -0.2) is 4.79 Å². The number of carbonyl (C=O) groups excluding carboxylic acids is 1. The highest BCUT2D eigenvalue weighted by Crippen LogP contribution is 2.27. The van der Waals surface area contributed by atoms with E-state index < -0.39 is 0 Å². The van der Waals surface area contributed by atoms with Crippen molar-refractivity contribution in [2.45, 2.75) is 65.3 Å². The highest BCUT2D eigenvalue weighted by molar-refractivity contribution is 5.74. The van der Waals surface area contributed by atoms with Gasteiger partial charge in [0.2, 0.25) is 0 Å². The topological polar surface area (TPSA) is 32.3 Å². The number of nitrogens with zero attached hydrogens (tertiary/aromatic N) is 1. The summed E-state index contributed by atoms with van der Waals surface area (Å²) < 4.78 is 0. The smallest absolute Gasteiger partial charge is 0.317 e. The molecule has 0 aromatic heterocycles. The van der Waals surface area contributed by atoms with Crippen LogP contribution < -0.4 is 5.32 Å². The molecule has 1 aliphatic carbocycles. The van der Waals surface area contributed by atoms with Gasteiger partial charge in [-0.3, -0.25) is 0 Å². The molecule has 19 heavy (non-hydrogen) atoms. The van der Waals surface area contributed by atoms with Gasteiger partial charge in [0, 0.05) is 19.1 Å². The van der Waals surface area contributed by atoms with Crippen LogP contribution >= 0.6 is 0 Å². The van der Waals surface area contributed by atoms with Gasteiger partial charge >= 0.3 is 6.03 Å². The summed E-state index contributed by atoms with van der Waals surface area (Å²) in [4.78, 5) is 14.4. The molecule has 0 bridgehead atoms. The minimum absolute atomic E-state index is 0.179. The minimum atomic E-state index is 0.179. The van der Waals surface area contributed by atoms with Crippen LogP contribution in [0.25, 0.3) is 0 Å². The first-order valence-corrected chi connectivity index (χ1v) is 8.13. The van der Waals surface area contributed by atoms with Crippen molar-refractivity contribution in [1.29, 1.82) is 0 Å². The summed E-state index contributed by atoms with van der Waals surface area (Å²) in [7, 11) is 0. The largest absolute Gasteiger partial charge is 0.335 e. The third-order valence-corrected chi connectivity index (χ3v) is 4.91. The Morgan fingerprint density at radius 2 is 1.68 bits per heavy atom. The second-order valence-corrected chi connectivity index (χ2v) is 6.93. The van der Waals surface area contributed by atoms with Crippen molar-refractivity contribution in [2.24, 2.45) is 17.8 Å². The Hall–Kier alpha value is -0.730. The Balaban J connectivity index is 1.78. The number of urea groups is 1. The van der Waals surface area contributed by atoms with E-state index in [4.69, 9.17) is 0 Å². The first-order valence-electron chi connectivity index (χ1n) is 8.13. The summed E-state index contributed by atoms with van der Waals surface area (Å²) in [6.07, 6.45) is 7.46. The number of amides is 2. The Morgan fingerprint density at radius 3 is 2.21 bits per heavy atom. The molecule has 1 saturated carbocycles. The molecule has 0 aromatic rings. The average molecular weight is 266 g/mol. The molecule has 2 atom stereocenters. The van der Waals surface area contributed by atoms with Gasteiger partial charge in [-0.2, -0.15) is 0 Å². The van der Waals surface area contributed by atoms with E-state index in [0.717, 1.165) is 19.0 Å². The fourth-order valence-electron chi connectivity index (χ4n) is 3.81. The number of rotatable bonds is 2. The fourth-order valence-corrected chi connectivity index (χ4v) is 3.81. The summed E-state index contributed by atoms with van der Waals surface area (Å²) in [6, 6.07) is 0.598. The van der Waals surface area contributed by atoms with Crippen LogP contribution in [0, 0.1) is 17.8 Å². The van der Waals surface area contributed by atoms with Crippen LogP contribution in [0.4, 0.5) is 4.79 Å². The molecule has 3 heteroatoms. The lowest BCUT2D eigenvalue weighted by atomic mass is 9.84. The monoisotopic (exact) mass is 266 g/mol. The molecule has 0 aromatic carbocycles. The van der Waals surface area contributed by atoms with Crippen molar-refractivity contribution in [1.82, 2.24) is 10.2 Å². The van der Waals surface area contributed by atoms with Crippen LogP contribution in [0.15, 0.2) is 0 Å². The molecule has 0 unspecified atom stereocenters. The molecule has 2 amide bonds. The highest BCUT2D eigenvalue weighted by Gasteiger charge is 2.28. The average Bonchev–Trinajstić information content (AvgIpc) is 2.38. The van der Waals surface area contributed by atoms with Crippen LogP contribution in [0.1, 0.15) is 59.3 Å². The zero-order valence-electron chi connectivity index (χ0n) is 12.8. The quantitative estimate of drug-likeness (QED) is 0.813. The van der Waals surface area contributed by atoms with Gasteiger partial charge in [-0.15, -0.1) is 0 Å². The lowest BCUT2D eigenvalue weighted by Crippen LogP contribution is -2.50. The van der Waals surface area contributed by atoms with Crippen molar-refractivity contribution >= 4 is 6.03 Å². The molecule has 2 rings (SSSR count). The number of carbonyl (C=O) groups is 1. The van der Waals surface area contributed by atoms with E-state index in [-0.39, 0.29) is 6.03 Å².